The van der Waals surface area contributed by atoms with E-state index >= 15 is 0 Å². The van der Waals surface area contributed by atoms with E-state index in [4.69, 9.17) is 4.42 Å². The molecule has 0 bridgehead atoms. The number of non-ortho nitro benzene ring substituents is 1. The van der Waals surface area contributed by atoms with Crippen LogP contribution in [-0.2, 0) is 4.79 Å². The summed E-state index contributed by atoms with van der Waals surface area (Å²) < 4.78 is 5.78. The van der Waals surface area contributed by atoms with Gasteiger partial charge in [-0.2, -0.15) is 4.98 Å². The van der Waals surface area contributed by atoms with Gasteiger partial charge in [0.05, 0.1) is 4.92 Å². The molecule has 1 aromatic heterocycles. The zero-order valence-electron chi connectivity index (χ0n) is 14.5. The fourth-order valence-corrected chi connectivity index (χ4v) is 3.27. The molecule has 1 aliphatic rings. The number of carbonyl (C=O) groups is 1. The molecule has 1 saturated heterocycles. The molecule has 1 aliphatic heterocycles. The zero-order valence-corrected chi connectivity index (χ0v) is 14.5. The molecule has 1 fully saturated rings. The van der Waals surface area contributed by atoms with Gasteiger partial charge in [0.2, 0.25) is 5.91 Å². The monoisotopic (exact) mass is 366 g/mol. The summed E-state index contributed by atoms with van der Waals surface area (Å²) in [6.45, 7) is 1.33. The number of benzene rings is 2. The zero-order chi connectivity index (χ0) is 18.8. The van der Waals surface area contributed by atoms with E-state index in [-0.39, 0.29) is 17.5 Å². The number of para-hydroxylation sites is 2. The van der Waals surface area contributed by atoms with E-state index in [0.717, 1.165) is 11.1 Å². The first-order chi connectivity index (χ1) is 13.1. The van der Waals surface area contributed by atoms with Crippen LogP contribution in [0.15, 0.2) is 52.9 Å². The number of oxazole rings is 1. The first-order valence-corrected chi connectivity index (χ1v) is 8.76. The average molecular weight is 366 g/mol. The minimum Gasteiger partial charge on any atom is -0.423 e. The SMILES string of the molecule is O=C(Nc1cccc([N+](=O)[O-])c1)C1CCN(c2nc3ccccc3o2)CC1. The molecule has 8 nitrogen and oxygen atoms in total. The molecule has 1 amide bonds. The normalized spacial score (nSPS) is 15.0. The van der Waals surface area contributed by atoms with Gasteiger partial charge in [0.15, 0.2) is 5.58 Å². The molecule has 4 rings (SSSR count). The van der Waals surface area contributed by atoms with Crippen molar-refractivity contribution in [1.82, 2.24) is 4.98 Å². The molecule has 0 saturated carbocycles. The van der Waals surface area contributed by atoms with Crippen molar-refractivity contribution in [3.8, 4) is 0 Å². The molecule has 0 aliphatic carbocycles. The molecule has 8 heteroatoms. The molecule has 3 aromatic rings. The number of nitrogens with one attached hydrogen (secondary N) is 1. The molecule has 2 heterocycles. The van der Waals surface area contributed by atoms with Crippen LogP contribution in [0, 0.1) is 16.0 Å². The number of nitrogens with zero attached hydrogens (tertiary/aromatic N) is 3. The van der Waals surface area contributed by atoms with Gasteiger partial charge in [-0.3, -0.25) is 14.9 Å². The number of nitro groups is 1. The van der Waals surface area contributed by atoms with Gasteiger partial charge >= 0.3 is 0 Å². The Balaban J connectivity index is 1.38. The third-order valence-corrected chi connectivity index (χ3v) is 4.74. The number of anilines is 2. The lowest BCUT2D eigenvalue weighted by Crippen LogP contribution is -2.38. The molecule has 0 spiro atoms. The van der Waals surface area contributed by atoms with Gasteiger partial charge in [-0.25, -0.2) is 0 Å². The Kier molecular flexibility index (Phi) is 4.45. The van der Waals surface area contributed by atoms with Gasteiger partial charge in [-0.05, 0) is 31.0 Å². The van der Waals surface area contributed by atoms with Crippen molar-refractivity contribution < 1.29 is 14.1 Å². The van der Waals surface area contributed by atoms with Gasteiger partial charge in [0.25, 0.3) is 11.7 Å². The molecular weight excluding hydrogens is 348 g/mol. The molecule has 0 radical (unpaired) electrons. The lowest BCUT2D eigenvalue weighted by Gasteiger charge is -2.30. The van der Waals surface area contributed by atoms with Crippen molar-refractivity contribution in [1.29, 1.82) is 0 Å². The summed E-state index contributed by atoms with van der Waals surface area (Å²) in [5.41, 5.74) is 1.96. The van der Waals surface area contributed by atoms with E-state index in [1.165, 1.54) is 12.1 Å². The second-order valence-electron chi connectivity index (χ2n) is 6.52. The summed E-state index contributed by atoms with van der Waals surface area (Å²) >= 11 is 0. The summed E-state index contributed by atoms with van der Waals surface area (Å²) in [4.78, 5) is 29.4. The number of rotatable bonds is 4. The van der Waals surface area contributed by atoms with Gasteiger partial charge in [-0.1, -0.05) is 18.2 Å². The minimum absolute atomic E-state index is 0.0430. The van der Waals surface area contributed by atoms with Gasteiger partial charge < -0.3 is 14.6 Å². The number of hydrogen-bond acceptors (Lipinski definition) is 6. The summed E-state index contributed by atoms with van der Waals surface area (Å²) in [6.07, 6.45) is 1.33. The summed E-state index contributed by atoms with van der Waals surface area (Å²) in [5, 5.41) is 13.6. The number of hydrogen-bond donors (Lipinski definition) is 1. The first kappa shape index (κ1) is 17.0. The Morgan fingerprint density at radius 2 is 1.96 bits per heavy atom. The number of amides is 1. The maximum atomic E-state index is 12.5. The van der Waals surface area contributed by atoms with Crippen LogP contribution in [0.4, 0.5) is 17.4 Å². The quantitative estimate of drug-likeness (QED) is 0.559. The van der Waals surface area contributed by atoms with E-state index < -0.39 is 4.92 Å². The fraction of sp³-hybridized carbons (Fsp3) is 0.263. The largest absolute Gasteiger partial charge is 0.423 e. The molecule has 27 heavy (non-hydrogen) atoms. The highest BCUT2D eigenvalue weighted by atomic mass is 16.6. The summed E-state index contributed by atoms with van der Waals surface area (Å²) in [6, 6.07) is 14.2. The smallest absolute Gasteiger partial charge is 0.298 e. The van der Waals surface area contributed by atoms with Crippen LogP contribution in [0.5, 0.6) is 0 Å². The Morgan fingerprint density at radius 1 is 1.19 bits per heavy atom. The molecular formula is C19H18N4O4. The number of nitro benzene ring substituents is 1. The molecule has 0 unspecified atom stereocenters. The van der Waals surface area contributed by atoms with Crippen LogP contribution in [0.2, 0.25) is 0 Å². The van der Waals surface area contributed by atoms with Crippen molar-refractivity contribution in [2.45, 2.75) is 12.8 Å². The predicted molar refractivity (Wildman–Crippen MR) is 101 cm³/mol. The van der Waals surface area contributed by atoms with Crippen molar-refractivity contribution in [2.24, 2.45) is 5.92 Å². The van der Waals surface area contributed by atoms with Crippen molar-refractivity contribution in [3.63, 3.8) is 0 Å². The predicted octanol–water partition coefficient (Wildman–Crippen LogP) is 3.59. The number of carbonyl (C=O) groups excluding carboxylic acids is 1. The van der Waals surface area contributed by atoms with Crippen molar-refractivity contribution >= 4 is 34.4 Å². The second kappa shape index (κ2) is 7.06. The van der Waals surface area contributed by atoms with Gasteiger partial charge in [0.1, 0.15) is 5.52 Å². The number of piperidine rings is 1. The fourth-order valence-electron chi connectivity index (χ4n) is 3.27. The van der Waals surface area contributed by atoms with Crippen LogP contribution < -0.4 is 10.2 Å². The van der Waals surface area contributed by atoms with Crippen LogP contribution in [-0.4, -0.2) is 28.9 Å². The maximum absolute atomic E-state index is 12.5. The van der Waals surface area contributed by atoms with Crippen molar-refractivity contribution in [2.75, 3.05) is 23.3 Å². The highest BCUT2D eigenvalue weighted by molar-refractivity contribution is 5.93. The third kappa shape index (κ3) is 3.59. The molecule has 2 aromatic carbocycles. The molecule has 1 N–H and O–H groups in total. The topological polar surface area (TPSA) is 102 Å². The second-order valence-corrected chi connectivity index (χ2v) is 6.52. The molecule has 138 valence electrons. The summed E-state index contributed by atoms with van der Waals surface area (Å²) in [5.74, 6) is -0.266. The van der Waals surface area contributed by atoms with Gasteiger partial charge in [0, 0.05) is 36.8 Å². The maximum Gasteiger partial charge on any atom is 0.298 e. The van der Waals surface area contributed by atoms with E-state index in [1.807, 2.05) is 29.2 Å². The number of fused-ring (bicyclic) bond motifs is 1. The highest BCUT2D eigenvalue weighted by Gasteiger charge is 2.27. The highest BCUT2D eigenvalue weighted by Crippen LogP contribution is 2.27. The van der Waals surface area contributed by atoms with E-state index in [2.05, 4.69) is 10.3 Å². The Bertz CT molecular complexity index is 959. The Hall–Kier alpha value is -3.42. The Labute approximate surface area is 154 Å². The number of aromatic nitrogens is 1. The van der Waals surface area contributed by atoms with Crippen molar-refractivity contribution in [3.05, 3.63) is 58.6 Å². The van der Waals surface area contributed by atoms with Crippen LogP contribution in [0.3, 0.4) is 0 Å². The lowest BCUT2D eigenvalue weighted by molar-refractivity contribution is -0.384. The summed E-state index contributed by atoms with van der Waals surface area (Å²) in [7, 11) is 0. The third-order valence-electron chi connectivity index (χ3n) is 4.74. The van der Waals surface area contributed by atoms with Crippen LogP contribution in [0.25, 0.3) is 11.1 Å². The van der Waals surface area contributed by atoms with E-state index in [9.17, 15) is 14.9 Å². The lowest BCUT2D eigenvalue weighted by atomic mass is 9.96. The Morgan fingerprint density at radius 3 is 2.70 bits per heavy atom. The van der Waals surface area contributed by atoms with E-state index in [0.29, 0.717) is 37.6 Å². The van der Waals surface area contributed by atoms with Crippen LogP contribution in [0.1, 0.15) is 12.8 Å². The minimum atomic E-state index is -0.478. The molecule has 0 atom stereocenters. The first-order valence-electron chi connectivity index (χ1n) is 8.76. The van der Waals surface area contributed by atoms with Crippen LogP contribution >= 0.6 is 0 Å². The average Bonchev–Trinajstić information content (AvgIpc) is 3.12. The van der Waals surface area contributed by atoms with Gasteiger partial charge in [-0.15, -0.1) is 0 Å². The standard InChI is InChI=1S/C19H18N4O4/c24-18(20-14-4-3-5-15(12-14)23(25)26)13-8-10-22(11-9-13)19-21-16-6-1-2-7-17(16)27-19/h1-7,12-13H,8-11H2,(H,20,24). The van der Waals surface area contributed by atoms with E-state index in [1.54, 1.807) is 12.1 Å².